The van der Waals surface area contributed by atoms with Gasteiger partial charge in [-0.15, -0.1) is 0 Å². The standard InChI is InChI=1S/C26H31ClN8O3/c1-16-20(23(36)29-5)33-22-21(32-18(13-35(16)22)17-6-9-30-19(27)12-17)31-15-26(14-28)7-10-34(11-8-26)24(37)38-25(2,3)4/h6,9,12-13H,7-8,10-11,15H2,1-5H3,(H,29,36)(H,31,32). The van der Waals surface area contributed by atoms with Crippen LogP contribution in [0.15, 0.2) is 24.5 Å². The zero-order valence-electron chi connectivity index (χ0n) is 22.1. The van der Waals surface area contributed by atoms with Gasteiger partial charge in [0.1, 0.15) is 16.4 Å². The minimum absolute atomic E-state index is 0.280. The van der Waals surface area contributed by atoms with E-state index in [0.29, 0.717) is 53.9 Å². The number of imidazole rings is 1. The highest BCUT2D eigenvalue weighted by Gasteiger charge is 2.37. The number of carbonyl (C=O) groups is 2. The van der Waals surface area contributed by atoms with Crippen molar-refractivity contribution in [3.05, 3.63) is 41.1 Å². The number of ether oxygens (including phenoxy) is 1. The second kappa shape index (κ2) is 10.5. The lowest BCUT2D eigenvalue weighted by molar-refractivity contribution is 0.0156. The predicted octanol–water partition coefficient (Wildman–Crippen LogP) is 4.07. The maximum Gasteiger partial charge on any atom is 0.410 e. The number of nitrogens with zero attached hydrogens (tertiary/aromatic N) is 6. The van der Waals surface area contributed by atoms with E-state index in [0.717, 1.165) is 5.56 Å². The first-order chi connectivity index (χ1) is 17.9. The maximum atomic E-state index is 12.5. The van der Waals surface area contributed by atoms with Gasteiger partial charge in [0.05, 0.1) is 22.9 Å². The number of nitriles is 1. The number of piperidine rings is 1. The highest BCUT2D eigenvalue weighted by molar-refractivity contribution is 6.29. The molecule has 0 radical (unpaired) electrons. The van der Waals surface area contributed by atoms with Crippen LogP contribution in [-0.2, 0) is 4.74 Å². The molecule has 1 saturated heterocycles. The van der Waals surface area contributed by atoms with E-state index >= 15 is 0 Å². The van der Waals surface area contributed by atoms with Gasteiger partial charge in [-0.05, 0) is 52.7 Å². The van der Waals surface area contributed by atoms with Crippen LogP contribution in [0.2, 0.25) is 5.15 Å². The smallest absolute Gasteiger partial charge is 0.410 e. The van der Waals surface area contributed by atoms with Crippen molar-refractivity contribution in [3.8, 4) is 17.3 Å². The van der Waals surface area contributed by atoms with Crippen LogP contribution in [0, 0.1) is 23.7 Å². The quantitative estimate of drug-likeness (QED) is 0.464. The summed E-state index contributed by atoms with van der Waals surface area (Å²) in [7, 11) is 1.55. The van der Waals surface area contributed by atoms with E-state index in [1.165, 1.54) is 0 Å². The van der Waals surface area contributed by atoms with Gasteiger partial charge in [0, 0.05) is 44.6 Å². The predicted molar refractivity (Wildman–Crippen MR) is 143 cm³/mol. The lowest BCUT2D eigenvalue weighted by Crippen LogP contribution is -2.46. The SMILES string of the molecule is CNC(=O)c1nc2c(NCC3(C#N)CCN(C(=O)OC(C)(C)C)CC3)nc(-c3ccnc(Cl)c3)cn2c1C. The molecule has 0 saturated carbocycles. The van der Waals surface area contributed by atoms with Crippen molar-refractivity contribution >= 4 is 35.1 Å². The molecule has 38 heavy (non-hydrogen) atoms. The Bertz CT molecular complexity index is 1410. The molecule has 2 amide bonds. The summed E-state index contributed by atoms with van der Waals surface area (Å²) in [5, 5.41) is 16.4. The van der Waals surface area contributed by atoms with E-state index in [9.17, 15) is 14.9 Å². The molecule has 2 N–H and O–H groups in total. The van der Waals surface area contributed by atoms with E-state index in [2.05, 4.69) is 26.7 Å². The van der Waals surface area contributed by atoms with Crippen molar-refractivity contribution in [3.63, 3.8) is 0 Å². The van der Waals surface area contributed by atoms with Gasteiger partial charge in [0.15, 0.2) is 11.5 Å². The highest BCUT2D eigenvalue weighted by Crippen LogP contribution is 2.33. The first kappa shape index (κ1) is 27.1. The molecule has 3 aromatic rings. The molecule has 0 atom stereocenters. The summed E-state index contributed by atoms with van der Waals surface area (Å²) in [4.78, 5) is 39.9. The zero-order chi connectivity index (χ0) is 27.7. The summed E-state index contributed by atoms with van der Waals surface area (Å²) in [6.45, 7) is 8.39. The molecule has 4 heterocycles. The Morgan fingerprint density at radius 1 is 1.26 bits per heavy atom. The van der Waals surface area contributed by atoms with E-state index < -0.39 is 11.0 Å². The molecule has 4 rings (SSSR count). The number of anilines is 1. The summed E-state index contributed by atoms with van der Waals surface area (Å²) in [6.07, 6.45) is 3.96. The third-order valence-corrected chi connectivity index (χ3v) is 6.72. The van der Waals surface area contributed by atoms with Crippen molar-refractivity contribution < 1.29 is 14.3 Å². The summed E-state index contributed by atoms with van der Waals surface area (Å²) >= 11 is 6.12. The fourth-order valence-electron chi connectivity index (χ4n) is 4.34. The van der Waals surface area contributed by atoms with Crippen LogP contribution < -0.4 is 10.6 Å². The number of hydrogen-bond acceptors (Lipinski definition) is 8. The monoisotopic (exact) mass is 538 g/mol. The van der Waals surface area contributed by atoms with Crippen LogP contribution in [0.25, 0.3) is 16.9 Å². The van der Waals surface area contributed by atoms with E-state index in [-0.39, 0.29) is 24.2 Å². The lowest BCUT2D eigenvalue weighted by atomic mass is 9.80. The van der Waals surface area contributed by atoms with Gasteiger partial charge in [-0.3, -0.25) is 9.20 Å². The minimum Gasteiger partial charge on any atom is -0.444 e. The molecule has 11 nitrogen and oxygen atoms in total. The molecule has 0 aliphatic carbocycles. The van der Waals surface area contributed by atoms with E-state index in [1.807, 2.05) is 20.8 Å². The topological polar surface area (TPSA) is 138 Å². The Kier molecular flexibility index (Phi) is 7.47. The van der Waals surface area contributed by atoms with Crippen molar-refractivity contribution in [2.45, 2.75) is 46.1 Å². The largest absolute Gasteiger partial charge is 0.444 e. The summed E-state index contributed by atoms with van der Waals surface area (Å²) < 4.78 is 7.28. The fraction of sp³-hybridized carbons (Fsp3) is 0.462. The van der Waals surface area contributed by atoms with E-state index in [1.54, 1.807) is 47.8 Å². The van der Waals surface area contributed by atoms with Crippen LogP contribution in [0.1, 0.15) is 49.8 Å². The van der Waals surface area contributed by atoms with Gasteiger partial charge in [-0.1, -0.05) is 11.6 Å². The molecule has 0 bridgehead atoms. The summed E-state index contributed by atoms with van der Waals surface area (Å²) in [5.41, 5.74) is 1.42. The molecular weight excluding hydrogens is 508 g/mol. The number of likely N-dealkylation sites (tertiary alicyclic amines) is 1. The number of aryl methyl sites for hydroxylation is 1. The first-order valence-corrected chi connectivity index (χ1v) is 12.7. The fourth-order valence-corrected chi connectivity index (χ4v) is 4.51. The number of amides is 2. The number of pyridine rings is 1. The number of rotatable bonds is 5. The van der Waals surface area contributed by atoms with Crippen LogP contribution in [-0.4, -0.2) is 68.5 Å². The summed E-state index contributed by atoms with van der Waals surface area (Å²) in [5.74, 6) is 0.117. The lowest BCUT2D eigenvalue weighted by Gasteiger charge is -2.37. The molecule has 200 valence electrons. The Labute approximate surface area is 226 Å². The van der Waals surface area contributed by atoms with Crippen LogP contribution in [0.5, 0.6) is 0 Å². The molecule has 1 aliphatic rings. The number of nitrogens with one attached hydrogen (secondary N) is 2. The molecular formula is C26H31ClN8O3. The Morgan fingerprint density at radius 2 is 1.97 bits per heavy atom. The second-order valence-corrected chi connectivity index (χ2v) is 10.8. The minimum atomic E-state index is -0.724. The van der Waals surface area contributed by atoms with Gasteiger partial charge >= 0.3 is 6.09 Å². The van der Waals surface area contributed by atoms with Gasteiger partial charge in [0.25, 0.3) is 5.91 Å². The average Bonchev–Trinajstić information content (AvgIpc) is 3.22. The number of hydrogen-bond donors (Lipinski definition) is 2. The van der Waals surface area contributed by atoms with Crippen molar-refractivity contribution in [1.29, 1.82) is 5.26 Å². The van der Waals surface area contributed by atoms with Crippen LogP contribution >= 0.6 is 11.6 Å². The van der Waals surface area contributed by atoms with Gasteiger partial charge in [-0.25, -0.2) is 19.7 Å². The average molecular weight is 539 g/mol. The zero-order valence-corrected chi connectivity index (χ0v) is 22.9. The number of fused-ring (bicyclic) bond motifs is 1. The van der Waals surface area contributed by atoms with Crippen molar-refractivity contribution in [2.75, 3.05) is 32.0 Å². The van der Waals surface area contributed by atoms with Crippen molar-refractivity contribution in [2.24, 2.45) is 5.41 Å². The first-order valence-electron chi connectivity index (χ1n) is 12.3. The molecule has 1 fully saturated rings. The van der Waals surface area contributed by atoms with Crippen molar-refractivity contribution in [1.82, 2.24) is 29.6 Å². The molecule has 0 aromatic carbocycles. The Morgan fingerprint density at radius 3 is 2.58 bits per heavy atom. The highest BCUT2D eigenvalue weighted by atomic mass is 35.5. The molecule has 3 aromatic heterocycles. The maximum absolute atomic E-state index is 12.5. The Balaban J connectivity index is 1.63. The van der Waals surface area contributed by atoms with Gasteiger partial charge in [-0.2, -0.15) is 5.26 Å². The van der Waals surface area contributed by atoms with Crippen LogP contribution in [0.4, 0.5) is 10.6 Å². The third kappa shape index (κ3) is 5.65. The number of halogens is 1. The van der Waals surface area contributed by atoms with Gasteiger partial charge in [0.2, 0.25) is 0 Å². The normalized spacial score (nSPS) is 15.1. The molecule has 12 heteroatoms. The summed E-state index contributed by atoms with van der Waals surface area (Å²) in [6, 6.07) is 5.95. The van der Waals surface area contributed by atoms with E-state index in [4.69, 9.17) is 21.3 Å². The van der Waals surface area contributed by atoms with Gasteiger partial charge < -0.3 is 20.3 Å². The Hall–Kier alpha value is -3.91. The van der Waals surface area contributed by atoms with Crippen LogP contribution in [0.3, 0.4) is 0 Å². The molecule has 0 unspecified atom stereocenters. The second-order valence-electron chi connectivity index (χ2n) is 10.4. The molecule has 0 spiro atoms. The third-order valence-electron chi connectivity index (χ3n) is 6.51. The molecule has 1 aliphatic heterocycles. The number of aromatic nitrogens is 4. The number of carbonyl (C=O) groups excluding carboxylic acids is 2.